The summed E-state index contributed by atoms with van der Waals surface area (Å²) in [5, 5.41) is 9.50. The number of nitrogens with zero attached hydrogens (tertiary/aromatic N) is 2. The van der Waals surface area contributed by atoms with Gasteiger partial charge in [-0.2, -0.15) is 0 Å². The topological polar surface area (TPSA) is 105 Å². The zero-order valence-electron chi connectivity index (χ0n) is 19.5. The van der Waals surface area contributed by atoms with E-state index in [9.17, 15) is 9.59 Å². The number of aromatic nitrogens is 2. The van der Waals surface area contributed by atoms with Crippen LogP contribution >= 0.6 is 0 Å². The van der Waals surface area contributed by atoms with Crippen molar-refractivity contribution in [2.24, 2.45) is 5.92 Å². The lowest BCUT2D eigenvalue weighted by Gasteiger charge is -2.31. The molecule has 2 fully saturated rings. The van der Waals surface area contributed by atoms with E-state index < -0.39 is 11.5 Å². The number of amides is 2. The molecule has 2 aliphatic heterocycles. The molecule has 180 valence electrons. The van der Waals surface area contributed by atoms with E-state index in [1.165, 1.54) is 19.3 Å². The van der Waals surface area contributed by atoms with Gasteiger partial charge in [0.1, 0.15) is 11.9 Å². The van der Waals surface area contributed by atoms with Gasteiger partial charge in [0, 0.05) is 37.0 Å². The molecule has 2 amide bonds. The van der Waals surface area contributed by atoms with Crippen molar-refractivity contribution in [3.8, 4) is 0 Å². The maximum absolute atomic E-state index is 13.5. The normalized spacial score (nSPS) is 21.1. The molecule has 3 N–H and O–H groups in total. The van der Waals surface area contributed by atoms with Crippen molar-refractivity contribution in [2.75, 3.05) is 29.2 Å². The number of rotatable bonds is 5. The Morgan fingerprint density at radius 1 is 1.09 bits per heavy atom. The number of carbonyl (C=O) groups is 2. The van der Waals surface area contributed by atoms with Crippen LogP contribution in [0.2, 0.25) is 0 Å². The number of hydrogen-bond donors (Lipinski definition) is 3. The number of carbonyl (C=O) groups excluding carboxylic acids is 2. The molecule has 3 aliphatic rings. The van der Waals surface area contributed by atoms with E-state index in [1.54, 1.807) is 18.6 Å². The first-order valence-corrected chi connectivity index (χ1v) is 12.5. The second-order valence-electron chi connectivity index (χ2n) is 9.72. The van der Waals surface area contributed by atoms with E-state index in [4.69, 9.17) is 4.74 Å². The molecular weight excluding hydrogens is 430 g/mol. The van der Waals surface area contributed by atoms with Crippen LogP contribution in [-0.4, -0.2) is 41.0 Å². The van der Waals surface area contributed by atoms with Crippen LogP contribution < -0.4 is 16.0 Å². The second-order valence-corrected chi connectivity index (χ2v) is 9.72. The largest absolute Gasteiger partial charge is 0.381 e. The summed E-state index contributed by atoms with van der Waals surface area (Å²) in [5.41, 5.74) is 1.97. The van der Waals surface area contributed by atoms with Crippen molar-refractivity contribution < 1.29 is 14.3 Å². The lowest BCUT2D eigenvalue weighted by atomic mass is 9.75. The standard InChI is InChI=1S/C26H33N5O3/c32-24(23(31-22-17-27-12-13-28-22)18-6-4-2-1-3-5-7-18)29-19-8-9-20-21(16-19)30-25(33)26(20)10-14-34-15-11-26/h8-9,12-13,16-18,23H,1-7,10-11,14-15H2,(H,28,31)(H,29,32)(H,30,33). The first kappa shape index (κ1) is 22.8. The second kappa shape index (κ2) is 10.1. The van der Waals surface area contributed by atoms with E-state index in [0.29, 0.717) is 37.6 Å². The zero-order chi connectivity index (χ0) is 23.4. The molecule has 1 unspecified atom stereocenters. The Kier molecular flexibility index (Phi) is 6.76. The van der Waals surface area contributed by atoms with Gasteiger partial charge < -0.3 is 20.7 Å². The van der Waals surface area contributed by atoms with Crippen LogP contribution in [-0.2, 0) is 19.7 Å². The Morgan fingerprint density at radius 3 is 2.59 bits per heavy atom. The Morgan fingerprint density at radius 2 is 1.85 bits per heavy atom. The lowest BCUT2D eigenvalue weighted by molar-refractivity contribution is -0.124. The number of ether oxygens (including phenoxy) is 1. The molecule has 1 spiro atoms. The van der Waals surface area contributed by atoms with Crippen molar-refractivity contribution in [3.63, 3.8) is 0 Å². The van der Waals surface area contributed by atoms with Crippen molar-refractivity contribution in [1.29, 1.82) is 0 Å². The number of fused-ring (bicyclic) bond motifs is 2. The summed E-state index contributed by atoms with van der Waals surface area (Å²) in [7, 11) is 0. The monoisotopic (exact) mass is 463 g/mol. The van der Waals surface area contributed by atoms with Crippen molar-refractivity contribution in [1.82, 2.24) is 9.97 Å². The Balaban J connectivity index is 1.35. The van der Waals surface area contributed by atoms with Crippen molar-refractivity contribution in [3.05, 3.63) is 42.4 Å². The van der Waals surface area contributed by atoms with Gasteiger partial charge in [0.25, 0.3) is 0 Å². The molecular formula is C26H33N5O3. The minimum atomic E-state index is -0.509. The Labute approximate surface area is 200 Å². The van der Waals surface area contributed by atoms with Crippen LogP contribution in [0.4, 0.5) is 17.2 Å². The highest BCUT2D eigenvalue weighted by Crippen LogP contribution is 2.45. The van der Waals surface area contributed by atoms with Crippen LogP contribution in [0.3, 0.4) is 0 Å². The van der Waals surface area contributed by atoms with Gasteiger partial charge in [-0.1, -0.05) is 38.2 Å². The fourth-order valence-electron chi connectivity index (χ4n) is 5.69. The molecule has 1 aromatic carbocycles. The number of anilines is 3. The summed E-state index contributed by atoms with van der Waals surface area (Å²) in [6.45, 7) is 1.17. The minimum Gasteiger partial charge on any atom is -0.381 e. The lowest BCUT2D eigenvalue weighted by Crippen LogP contribution is -2.41. The Hall–Kier alpha value is -3.00. The molecule has 0 radical (unpaired) electrons. The van der Waals surface area contributed by atoms with Crippen molar-refractivity contribution in [2.45, 2.75) is 69.2 Å². The number of benzene rings is 1. The van der Waals surface area contributed by atoms with Gasteiger partial charge in [0.05, 0.1) is 11.6 Å². The Bertz CT molecular complexity index is 1010. The highest BCUT2D eigenvalue weighted by molar-refractivity contribution is 6.07. The molecule has 1 aromatic heterocycles. The molecule has 1 aliphatic carbocycles. The van der Waals surface area contributed by atoms with Gasteiger partial charge in [-0.25, -0.2) is 4.98 Å². The third-order valence-electron chi connectivity index (χ3n) is 7.60. The first-order chi connectivity index (χ1) is 16.7. The average molecular weight is 464 g/mol. The van der Waals surface area contributed by atoms with E-state index in [2.05, 4.69) is 25.9 Å². The van der Waals surface area contributed by atoms with Gasteiger partial charge in [0.2, 0.25) is 11.8 Å². The third-order valence-corrected chi connectivity index (χ3v) is 7.60. The maximum Gasteiger partial charge on any atom is 0.247 e. The summed E-state index contributed by atoms with van der Waals surface area (Å²) in [6.07, 6.45) is 14.3. The van der Waals surface area contributed by atoms with Gasteiger partial charge in [-0.15, -0.1) is 0 Å². The van der Waals surface area contributed by atoms with Crippen LogP contribution in [0.15, 0.2) is 36.8 Å². The molecule has 8 nitrogen and oxygen atoms in total. The summed E-state index contributed by atoms with van der Waals surface area (Å²) in [4.78, 5) is 34.9. The zero-order valence-corrected chi connectivity index (χ0v) is 19.5. The number of hydrogen-bond acceptors (Lipinski definition) is 6. The number of nitrogens with one attached hydrogen (secondary N) is 3. The van der Waals surface area contributed by atoms with E-state index in [-0.39, 0.29) is 17.7 Å². The van der Waals surface area contributed by atoms with Crippen LogP contribution in [0, 0.1) is 5.92 Å². The van der Waals surface area contributed by atoms with Gasteiger partial charge in [0.15, 0.2) is 0 Å². The van der Waals surface area contributed by atoms with E-state index in [1.807, 2.05) is 18.2 Å². The molecule has 1 saturated heterocycles. The molecule has 1 saturated carbocycles. The van der Waals surface area contributed by atoms with Crippen LogP contribution in [0.5, 0.6) is 0 Å². The smallest absolute Gasteiger partial charge is 0.247 e. The SMILES string of the molecule is O=C(Nc1ccc2c(c1)NC(=O)C21CCOCC1)C(Nc1cnccn1)C1CCCCCCC1. The minimum absolute atomic E-state index is 0.0333. The fourth-order valence-corrected chi connectivity index (χ4v) is 5.69. The highest BCUT2D eigenvalue weighted by Gasteiger charge is 2.47. The third kappa shape index (κ3) is 4.64. The van der Waals surface area contributed by atoms with Gasteiger partial charge >= 0.3 is 0 Å². The molecule has 0 bridgehead atoms. The molecule has 8 heteroatoms. The molecule has 3 heterocycles. The predicted molar refractivity (Wildman–Crippen MR) is 131 cm³/mol. The summed E-state index contributed by atoms with van der Waals surface area (Å²) >= 11 is 0. The predicted octanol–water partition coefficient (Wildman–Crippen LogP) is 4.26. The molecule has 2 aromatic rings. The summed E-state index contributed by atoms with van der Waals surface area (Å²) in [6, 6.07) is 5.37. The molecule has 1 atom stereocenters. The first-order valence-electron chi connectivity index (χ1n) is 12.5. The van der Waals surface area contributed by atoms with Crippen molar-refractivity contribution >= 4 is 29.0 Å². The van der Waals surface area contributed by atoms with E-state index >= 15 is 0 Å². The molecule has 5 rings (SSSR count). The highest BCUT2D eigenvalue weighted by atomic mass is 16.5. The van der Waals surface area contributed by atoms with E-state index in [0.717, 1.165) is 36.9 Å². The van der Waals surface area contributed by atoms with Crippen LogP contribution in [0.1, 0.15) is 63.4 Å². The molecule has 34 heavy (non-hydrogen) atoms. The van der Waals surface area contributed by atoms with Gasteiger partial charge in [-0.3, -0.25) is 14.6 Å². The fraction of sp³-hybridized carbons (Fsp3) is 0.538. The maximum atomic E-state index is 13.5. The van der Waals surface area contributed by atoms with Gasteiger partial charge in [-0.05, 0) is 49.3 Å². The quantitative estimate of drug-likeness (QED) is 0.612. The summed E-state index contributed by atoms with van der Waals surface area (Å²) < 4.78 is 5.49. The average Bonchev–Trinajstić information content (AvgIpc) is 3.09. The van der Waals surface area contributed by atoms with Crippen LogP contribution in [0.25, 0.3) is 0 Å². The summed E-state index contributed by atoms with van der Waals surface area (Å²) in [5.74, 6) is 0.779.